The quantitative estimate of drug-likeness (QED) is 0.156. The van der Waals surface area contributed by atoms with E-state index in [1.54, 1.807) is 7.11 Å². The van der Waals surface area contributed by atoms with Crippen LogP contribution in [0.15, 0.2) is 29.1 Å². The number of carbonyl (C=O) groups excluding carboxylic acids is 1. The van der Waals surface area contributed by atoms with Crippen molar-refractivity contribution in [3.63, 3.8) is 0 Å². The molecule has 206 valence electrons. The zero-order valence-electron chi connectivity index (χ0n) is 21.6. The first kappa shape index (κ1) is 28.9. The molecule has 0 aliphatic rings. The normalized spacial score (nSPS) is 12.1. The van der Waals surface area contributed by atoms with E-state index in [1.165, 1.54) is 16.3 Å². The van der Waals surface area contributed by atoms with Gasteiger partial charge in [-0.3, -0.25) is 14.2 Å². The number of aromatic nitrogens is 4. The molecule has 14 heteroatoms. The van der Waals surface area contributed by atoms with Gasteiger partial charge in [-0.05, 0) is 25.2 Å². The lowest BCUT2D eigenvalue weighted by Crippen LogP contribution is -2.29. The predicted octanol–water partition coefficient (Wildman–Crippen LogP) is 0.735. The summed E-state index contributed by atoms with van der Waals surface area (Å²) < 4.78 is 11.8. The first-order valence-electron chi connectivity index (χ1n) is 11.9. The van der Waals surface area contributed by atoms with Gasteiger partial charge in [-0.15, -0.1) is 11.8 Å². The van der Waals surface area contributed by atoms with Crippen molar-refractivity contribution in [3.8, 4) is 6.01 Å². The number of amides is 1. The van der Waals surface area contributed by atoms with Crippen LogP contribution in [0.25, 0.3) is 11.2 Å². The number of thioether (sulfide) groups is 1. The smallest absolute Gasteiger partial charge is 0.328 e. The van der Waals surface area contributed by atoms with Crippen LogP contribution in [0, 0.1) is 5.92 Å². The first-order chi connectivity index (χ1) is 18.2. The van der Waals surface area contributed by atoms with Gasteiger partial charge in [0.1, 0.15) is 12.1 Å². The first-order valence-corrected chi connectivity index (χ1v) is 13.0. The molecule has 2 heterocycles. The number of benzene rings is 1. The number of aliphatic carboxylic acids is 1. The number of ether oxygens (including phenoxy) is 2. The molecule has 38 heavy (non-hydrogen) atoms. The molecule has 0 aliphatic carbocycles. The molecule has 0 saturated carbocycles. The maximum atomic E-state index is 12.6. The second-order valence-corrected chi connectivity index (χ2v) is 9.86. The zero-order valence-corrected chi connectivity index (χ0v) is 22.4. The summed E-state index contributed by atoms with van der Waals surface area (Å²) in [6.45, 7) is 1.07. The highest BCUT2D eigenvalue weighted by molar-refractivity contribution is 7.99. The standard InChI is InChI=1S/C24H33N7O6S/c1-30(2)14-38-13-17(22(33)34)10-18(32)26-11-15-4-6-16(7-5-15)12-31-21-19(27-24(31)35)20(25)28-23(29-21)37-9-8-36-3/h4-7,17H,8-14H2,1-3H3,(H,26,32)(H,27,35)(H,33,34)(H2,25,28,29). The zero-order chi connectivity index (χ0) is 27.7. The van der Waals surface area contributed by atoms with Gasteiger partial charge in [-0.1, -0.05) is 24.3 Å². The fourth-order valence-corrected chi connectivity index (χ4v) is 4.51. The second-order valence-electron chi connectivity index (χ2n) is 8.86. The van der Waals surface area contributed by atoms with Crippen molar-refractivity contribution >= 4 is 40.6 Å². The van der Waals surface area contributed by atoms with E-state index in [0.29, 0.717) is 29.4 Å². The number of carboxylic acid groups (broad SMARTS) is 1. The van der Waals surface area contributed by atoms with Gasteiger partial charge in [0.05, 0.1) is 19.1 Å². The highest BCUT2D eigenvalue weighted by Gasteiger charge is 2.21. The fourth-order valence-electron chi connectivity index (χ4n) is 3.50. The molecular formula is C24H33N7O6S. The fraction of sp³-hybridized carbons (Fsp3) is 0.458. The number of hydrogen-bond acceptors (Lipinski definition) is 10. The van der Waals surface area contributed by atoms with E-state index in [0.717, 1.165) is 11.1 Å². The summed E-state index contributed by atoms with van der Waals surface area (Å²) in [4.78, 5) is 49.4. The number of imidazole rings is 1. The number of methoxy groups -OCH3 is 1. The molecule has 1 unspecified atom stereocenters. The van der Waals surface area contributed by atoms with Crippen LogP contribution in [-0.2, 0) is 27.4 Å². The van der Waals surface area contributed by atoms with E-state index >= 15 is 0 Å². The van der Waals surface area contributed by atoms with E-state index in [1.807, 2.05) is 43.3 Å². The Morgan fingerprint density at radius 1 is 1.21 bits per heavy atom. The number of fused-ring (bicyclic) bond motifs is 1. The molecular weight excluding hydrogens is 514 g/mol. The maximum absolute atomic E-state index is 12.6. The highest BCUT2D eigenvalue weighted by atomic mass is 32.2. The Labute approximate surface area is 223 Å². The third-order valence-electron chi connectivity index (χ3n) is 5.45. The van der Waals surface area contributed by atoms with Crippen LogP contribution < -0.4 is 21.5 Å². The number of nitrogen functional groups attached to an aromatic ring is 1. The van der Waals surface area contributed by atoms with E-state index in [4.69, 9.17) is 15.2 Å². The minimum Gasteiger partial charge on any atom is -0.481 e. The number of rotatable bonds is 15. The lowest BCUT2D eigenvalue weighted by Gasteiger charge is -2.14. The number of nitrogens with two attached hydrogens (primary N) is 1. The molecule has 0 radical (unpaired) electrons. The number of nitrogens with zero attached hydrogens (tertiary/aromatic N) is 4. The molecule has 0 fully saturated rings. The van der Waals surface area contributed by atoms with Gasteiger partial charge in [-0.25, -0.2) is 4.79 Å². The van der Waals surface area contributed by atoms with Gasteiger partial charge >= 0.3 is 17.7 Å². The topological polar surface area (TPSA) is 178 Å². The Morgan fingerprint density at radius 2 is 1.92 bits per heavy atom. The summed E-state index contributed by atoms with van der Waals surface area (Å²) in [6, 6.07) is 7.39. The summed E-state index contributed by atoms with van der Waals surface area (Å²) in [5, 5.41) is 12.2. The molecule has 13 nitrogen and oxygen atoms in total. The SMILES string of the molecule is COCCOc1nc(N)c2[nH]c(=O)n(Cc3ccc(CNC(=O)CC(CSCN(C)C)C(=O)O)cc3)c2n1. The maximum Gasteiger partial charge on any atom is 0.328 e. The molecule has 0 spiro atoms. The lowest BCUT2D eigenvalue weighted by molar-refractivity contribution is -0.143. The van der Waals surface area contributed by atoms with Crippen LogP contribution in [0.4, 0.5) is 5.82 Å². The Hall–Kier alpha value is -3.62. The van der Waals surface area contributed by atoms with Gasteiger partial charge in [0, 0.05) is 31.7 Å². The summed E-state index contributed by atoms with van der Waals surface area (Å²) in [6.07, 6.45) is -0.0838. The molecule has 0 bridgehead atoms. The molecule has 3 rings (SSSR count). The Bertz CT molecular complexity index is 1290. The number of carboxylic acids is 1. The molecule has 3 aromatic rings. The molecule has 1 aromatic carbocycles. The van der Waals surface area contributed by atoms with Gasteiger partial charge < -0.3 is 35.5 Å². The van der Waals surface area contributed by atoms with Crippen LogP contribution >= 0.6 is 11.8 Å². The number of H-pyrrole nitrogens is 1. The van der Waals surface area contributed by atoms with Crippen molar-refractivity contribution in [2.24, 2.45) is 5.92 Å². The average molecular weight is 548 g/mol. The van der Waals surface area contributed by atoms with Crippen molar-refractivity contribution in [2.45, 2.75) is 19.5 Å². The van der Waals surface area contributed by atoms with Crippen molar-refractivity contribution < 1.29 is 24.2 Å². The van der Waals surface area contributed by atoms with E-state index < -0.39 is 11.9 Å². The highest BCUT2D eigenvalue weighted by Crippen LogP contribution is 2.19. The predicted molar refractivity (Wildman–Crippen MR) is 144 cm³/mol. The van der Waals surface area contributed by atoms with Crippen molar-refractivity contribution in [1.82, 2.24) is 29.7 Å². The van der Waals surface area contributed by atoms with Crippen LogP contribution in [0.1, 0.15) is 17.5 Å². The van der Waals surface area contributed by atoms with Crippen molar-refractivity contribution in [2.75, 3.05) is 51.8 Å². The van der Waals surface area contributed by atoms with Crippen LogP contribution in [-0.4, -0.2) is 87.5 Å². The van der Waals surface area contributed by atoms with Gasteiger partial charge in [0.15, 0.2) is 11.5 Å². The number of carbonyl (C=O) groups is 2. The van der Waals surface area contributed by atoms with Gasteiger partial charge in [-0.2, -0.15) is 9.97 Å². The molecule has 1 atom stereocenters. The number of hydrogen-bond donors (Lipinski definition) is 4. The third-order valence-corrected chi connectivity index (χ3v) is 6.79. The molecule has 0 aliphatic heterocycles. The minimum absolute atomic E-state index is 0.0484. The van der Waals surface area contributed by atoms with Crippen molar-refractivity contribution in [1.29, 1.82) is 0 Å². The molecule has 2 aromatic heterocycles. The second kappa shape index (κ2) is 13.8. The van der Waals surface area contributed by atoms with Crippen LogP contribution in [0.5, 0.6) is 6.01 Å². The van der Waals surface area contributed by atoms with Crippen LogP contribution in [0.3, 0.4) is 0 Å². The summed E-state index contributed by atoms with van der Waals surface area (Å²) >= 11 is 1.48. The third kappa shape index (κ3) is 8.19. The molecule has 5 N–H and O–H groups in total. The molecule has 0 saturated heterocycles. The van der Waals surface area contributed by atoms with E-state index in [2.05, 4.69) is 20.3 Å². The Kier molecular flexibility index (Phi) is 10.5. The monoisotopic (exact) mass is 547 g/mol. The number of nitrogens with one attached hydrogen (secondary N) is 2. The summed E-state index contributed by atoms with van der Waals surface area (Å²) in [7, 11) is 5.36. The summed E-state index contributed by atoms with van der Waals surface area (Å²) in [5.41, 5.74) is 7.90. The van der Waals surface area contributed by atoms with Gasteiger partial charge in [0.2, 0.25) is 5.91 Å². The van der Waals surface area contributed by atoms with Crippen LogP contribution in [0.2, 0.25) is 0 Å². The Balaban J connectivity index is 1.60. The van der Waals surface area contributed by atoms with Gasteiger partial charge in [0.25, 0.3) is 0 Å². The lowest BCUT2D eigenvalue weighted by atomic mass is 10.1. The average Bonchev–Trinajstić information content (AvgIpc) is 3.18. The minimum atomic E-state index is -0.982. The summed E-state index contributed by atoms with van der Waals surface area (Å²) in [5.74, 6) is -0.903. The van der Waals surface area contributed by atoms with E-state index in [-0.39, 0.29) is 49.5 Å². The largest absolute Gasteiger partial charge is 0.481 e. The number of anilines is 1. The molecule has 1 amide bonds. The van der Waals surface area contributed by atoms with E-state index in [9.17, 15) is 19.5 Å². The Morgan fingerprint density at radius 3 is 2.58 bits per heavy atom. The van der Waals surface area contributed by atoms with Crippen molar-refractivity contribution in [3.05, 3.63) is 45.9 Å². The number of aromatic amines is 1.